The summed E-state index contributed by atoms with van der Waals surface area (Å²) in [7, 11) is 1.30. The van der Waals surface area contributed by atoms with Crippen LogP contribution in [0.3, 0.4) is 0 Å². The van der Waals surface area contributed by atoms with Crippen LogP contribution < -0.4 is 10.1 Å². The number of carboxylic acids is 1. The third-order valence-electron chi connectivity index (χ3n) is 5.64. The van der Waals surface area contributed by atoms with Crippen molar-refractivity contribution in [3.63, 3.8) is 0 Å². The van der Waals surface area contributed by atoms with Gasteiger partial charge >= 0.3 is 12.1 Å². The van der Waals surface area contributed by atoms with E-state index in [-0.39, 0.29) is 11.3 Å². The second-order valence-electron chi connectivity index (χ2n) is 7.95. The van der Waals surface area contributed by atoms with Crippen molar-refractivity contribution in [1.82, 2.24) is 10.3 Å². The number of halogens is 4. The summed E-state index contributed by atoms with van der Waals surface area (Å²) in [5.41, 5.74) is -1.44. The lowest BCUT2D eigenvalue weighted by Gasteiger charge is -2.28. The largest absolute Gasteiger partial charge is 0.478 e. The fourth-order valence-electron chi connectivity index (χ4n) is 3.81. The number of benzene rings is 2. The van der Waals surface area contributed by atoms with Crippen LogP contribution in [0.25, 0.3) is 0 Å². The zero-order valence-electron chi connectivity index (χ0n) is 17.3. The molecule has 4 rings (SSSR count). The normalized spacial score (nSPS) is 21.4. The Morgan fingerprint density at radius 2 is 1.88 bits per heavy atom. The highest BCUT2D eigenvalue weighted by molar-refractivity contribution is 6.30. The molecular formula is C22H19ClF3N3O4. The first-order valence-corrected chi connectivity index (χ1v) is 10.3. The number of carboxylic acid groups (broad SMARTS) is 1. The molecule has 2 unspecified atom stereocenters. The number of nitrogens with zero attached hydrogens (tertiary/aromatic N) is 2. The molecular weight excluding hydrogens is 463 g/mol. The van der Waals surface area contributed by atoms with E-state index in [2.05, 4.69) is 10.4 Å². The molecule has 1 aliphatic carbocycles. The molecule has 2 aromatic carbocycles. The first-order valence-electron chi connectivity index (χ1n) is 9.97. The predicted molar refractivity (Wildman–Crippen MR) is 113 cm³/mol. The molecule has 1 heterocycles. The number of carbonyl (C=O) groups is 2. The average molecular weight is 482 g/mol. The van der Waals surface area contributed by atoms with Crippen molar-refractivity contribution >= 4 is 29.2 Å². The molecule has 1 aliphatic heterocycles. The fraction of sp³-hybridized carbons (Fsp3) is 0.318. The van der Waals surface area contributed by atoms with E-state index in [1.54, 1.807) is 24.3 Å². The Morgan fingerprint density at radius 1 is 1.21 bits per heavy atom. The smallest absolute Gasteiger partial charge is 0.432 e. The van der Waals surface area contributed by atoms with Gasteiger partial charge in [0.25, 0.3) is 0 Å². The topological polar surface area (TPSA) is 91.2 Å². The van der Waals surface area contributed by atoms with Crippen LogP contribution in [0.15, 0.2) is 53.6 Å². The van der Waals surface area contributed by atoms with Crippen molar-refractivity contribution in [3.8, 4) is 5.75 Å². The summed E-state index contributed by atoms with van der Waals surface area (Å²) in [4.78, 5) is 24.3. The molecule has 7 nitrogen and oxygen atoms in total. The summed E-state index contributed by atoms with van der Waals surface area (Å²) in [6.45, 7) is 0. The summed E-state index contributed by atoms with van der Waals surface area (Å²) in [6, 6.07) is 12.0. The highest BCUT2D eigenvalue weighted by Crippen LogP contribution is 2.46. The molecule has 174 valence electrons. The number of hydrazone groups is 1. The number of carbonyl (C=O) groups excluding carboxylic acids is 1. The lowest BCUT2D eigenvalue weighted by Crippen LogP contribution is -2.50. The number of hydrogen-bond acceptors (Lipinski definition) is 5. The predicted octanol–water partition coefficient (Wildman–Crippen LogP) is 4.03. The third-order valence-corrected chi connectivity index (χ3v) is 5.87. The maximum absolute atomic E-state index is 13.7. The van der Waals surface area contributed by atoms with Crippen LogP contribution in [-0.2, 0) is 10.3 Å². The molecule has 2 aliphatic rings. The Bertz CT molecular complexity index is 1120. The van der Waals surface area contributed by atoms with Crippen molar-refractivity contribution in [2.75, 3.05) is 7.05 Å². The molecule has 0 saturated heterocycles. The zero-order valence-corrected chi connectivity index (χ0v) is 18.0. The monoisotopic (exact) mass is 481 g/mol. The van der Waals surface area contributed by atoms with Gasteiger partial charge in [-0.3, -0.25) is 9.80 Å². The van der Waals surface area contributed by atoms with Gasteiger partial charge in [-0.15, -0.1) is 0 Å². The van der Waals surface area contributed by atoms with E-state index >= 15 is 0 Å². The lowest BCUT2D eigenvalue weighted by atomic mass is 9.97. The van der Waals surface area contributed by atoms with E-state index in [1.165, 1.54) is 31.3 Å². The van der Waals surface area contributed by atoms with Gasteiger partial charge in [-0.1, -0.05) is 29.8 Å². The molecule has 1 amide bonds. The Kier molecular flexibility index (Phi) is 5.73. The van der Waals surface area contributed by atoms with Crippen LogP contribution in [-0.4, -0.2) is 47.2 Å². The Labute approximate surface area is 191 Å². The van der Waals surface area contributed by atoms with Crippen LogP contribution in [0.4, 0.5) is 13.2 Å². The fourth-order valence-corrected chi connectivity index (χ4v) is 3.99. The summed E-state index contributed by atoms with van der Waals surface area (Å²) in [5, 5.41) is 16.6. The van der Waals surface area contributed by atoms with Crippen LogP contribution in [0.2, 0.25) is 5.02 Å². The van der Waals surface area contributed by atoms with Crippen LogP contribution in [0.1, 0.15) is 28.8 Å². The van der Waals surface area contributed by atoms with Crippen LogP contribution in [0, 0.1) is 5.92 Å². The molecule has 11 heteroatoms. The Hall–Kier alpha value is -3.27. The van der Waals surface area contributed by atoms with E-state index < -0.39 is 41.4 Å². The molecule has 33 heavy (non-hydrogen) atoms. The van der Waals surface area contributed by atoms with E-state index in [0.29, 0.717) is 23.4 Å². The SMILES string of the molecule is CN1N=C(C(F)(F)F)C(C(=O)NC2(c3ccc(C(=O)O)cc3)CC2)C1Oc1cccc(Cl)c1. The lowest BCUT2D eigenvalue weighted by molar-refractivity contribution is -0.130. The molecule has 2 N–H and O–H groups in total. The van der Waals surface area contributed by atoms with Gasteiger partial charge in [0, 0.05) is 12.1 Å². The van der Waals surface area contributed by atoms with Gasteiger partial charge in [-0.25, -0.2) is 4.79 Å². The van der Waals surface area contributed by atoms with Gasteiger partial charge in [0.05, 0.1) is 11.1 Å². The molecule has 0 bridgehead atoms. The average Bonchev–Trinajstić information content (AvgIpc) is 3.44. The number of alkyl halides is 3. The number of hydrogen-bond donors (Lipinski definition) is 2. The molecule has 2 atom stereocenters. The Morgan fingerprint density at radius 3 is 2.42 bits per heavy atom. The summed E-state index contributed by atoms with van der Waals surface area (Å²) < 4.78 is 46.9. The first kappa shape index (κ1) is 22.9. The molecule has 0 aromatic heterocycles. The first-order chi connectivity index (χ1) is 15.5. The maximum atomic E-state index is 13.7. The van der Waals surface area contributed by atoms with Gasteiger partial charge in [-0.05, 0) is 48.7 Å². The molecule has 2 aromatic rings. The Balaban J connectivity index is 1.60. The van der Waals surface area contributed by atoms with Crippen molar-refractivity contribution in [2.45, 2.75) is 30.8 Å². The second kappa shape index (κ2) is 8.26. The van der Waals surface area contributed by atoms with E-state index in [4.69, 9.17) is 21.4 Å². The summed E-state index contributed by atoms with van der Waals surface area (Å²) in [6.07, 6.45) is -5.18. The third kappa shape index (κ3) is 4.61. The van der Waals surface area contributed by atoms with Crippen LogP contribution >= 0.6 is 11.6 Å². The summed E-state index contributed by atoms with van der Waals surface area (Å²) >= 11 is 5.94. The van der Waals surface area contributed by atoms with Gasteiger partial charge in [0.15, 0.2) is 5.71 Å². The highest BCUT2D eigenvalue weighted by atomic mass is 35.5. The molecule has 0 spiro atoms. The molecule has 1 saturated carbocycles. The van der Waals surface area contributed by atoms with Gasteiger partial charge in [0.1, 0.15) is 11.7 Å². The van der Waals surface area contributed by atoms with E-state index in [0.717, 1.165) is 5.01 Å². The van der Waals surface area contributed by atoms with E-state index in [1.807, 2.05) is 0 Å². The minimum absolute atomic E-state index is 0.0692. The number of aromatic carboxylic acids is 1. The molecule has 1 fully saturated rings. The van der Waals surface area contributed by atoms with Crippen molar-refractivity contribution in [1.29, 1.82) is 0 Å². The minimum atomic E-state index is -4.84. The van der Waals surface area contributed by atoms with Gasteiger partial charge in [0.2, 0.25) is 12.1 Å². The zero-order chi connectivity index (χ0) is 24.0. The maximum Gasteiger partial charge on any atom is 0.432 e. The van der Waals surface area contributed by atoms with Crippen molar-refractivity contribution < 1.29 is 32.6 Å². The quantitative estimate of drug-likeness (QED) is 0.650. The standard InChI is InChI=1S/C22H19ClF3N3O4/c1-29-19(33-15-4-2-3-14(23)11-15)16(17(28-29)22(24,25)26)18(30)27-21(9-10-21)13-7-5-12(6-8-13)20(31)32/h2-8,11,16,19H,9-10H2,1H3,(H,27,30)(H,31,32). The summed E-state index contributed by atoms with van der Waals surface area (Å²) in [5.74, 6) is -3.54. The second-order valence-corrected chi connectivity index (χ2v) is 8.39. The van der Waals surface area contributed by atoms with Crippen molar-refractivity contribution in [2.24, 2.45) is 11.0 Å². The number of nitrogens with one attached hydrogen (secondary N) is 1. The minimum Gasteiger partial charge on any atom is -0.478 e. The van der Waals surface area contributed by atoms with Crippen LogP contribution in [0.5, 0.6) is 5.75 Å². The number of amides is 1. The van der Waals surface area contributed by atoms with E-state index in [9.17, 15) is 22.8 Å². The van der Waals surface area contributed by atoms with Crippen molar-refractivity contribution in [3.05, 3.63) is 64.7 Å². The van der Waals surface area contributed by atoms with Gasteiger partial charge in [-0.2, -0.15) is 18.3 Å². The number of ether oxygens (including phenoxy) is 1. The number of rotatable bonds is 6. The highest BCUT2D eigenvalue weighted by Gasteiger charge is 2.56. The molecule has 0 radical (unpaired) electrons. The van der Waals surface area contributed by atoms with Gasteiger partial charge < -0.3 is 15.2 Å².